The first-order chi connectivity index (χ1) is 11.0. The number of nitrogens with one attached hydrogen (secondary N) is 1. The van der Waals surface area contributed by atoms with Crippen molar-refractivity contribution in [1.82, 2.24) is 5.43 Å². The number of carbonyl (C=O) groups is 1. The molecule has 2 N–H and O–H groups in total. The minimum Gasteiger partial charge on any atom is -0.507 e. The first-order valence-corrected chi connectivity index (χ1v) is 8.04. The molecule has 0 unspecified atom stereocenters. The molecular formula is C17H17IN2O3. The van der Waals surface area contributed by atoms with E-state index in [0.717, 1.165) is 14.7 Å². The molecule has 0 saturated carbocycles. The van der Waals surface area contributed by atoms with Crippen LogP contribution < -0.4 is 10.2 Å². The van der Waals surface area contributed by atoms with Crippen molar-refractivity contribution >= 4 is 34.7 Å². The molecular weight excluding hydrogens is 407 g/mol. The number of aromatic hydroxyl groups is 1. The van der Waals surface area contributed by atoms with Gasteiger partial charge in [-0.3, -0.25) is 4.79 Å². The molecule has 0 bridgehead atoms. The minimum atomic E-state index is -0.369. The predicted octanol–water partition coefficient (Wildman–Crippen LogP) is 3.14. The fourth-order valence-electron chi connectivity index (χ4n) is 1.94. The number of nitrogens with zero attached hydrogens (tertiary/aromatic N) is 1. The van der Waals surface area contributed by atoms with Crippen molar-refractivity contribution in [3.63, 3.8) is 0 Å². The Morgan fingerprint density at radius 2 is 2.09 bits per heavy atom. The number of amides is 1. The minimum absolute atomic E-state index is 0.106. The SMILES string of the molecule is Cc1ccc(OCC(=O)N/N=C\c2cc(I)ccc2O)c(C)c1. The van der Waals surface area contributed by atoms with Gasteiger partial charge in [0.05, 0.1) is 6.21 Å². The third-order valence-corrected chi connectivity index (χ3v) is 3.74. The van der Waals surface area contributed by atoms with Gasteiger partial charge >= 0.3 is 0 Å². The lowest BCUT2D eigenvalue weighted by Gasteiger charge is -2.08. The number of hydrogen-bond donors (Lipinski definition) is 2. The highest BCUT2D eigenvalue weighted by atomic mass is 127. The van der Waals surface area contributed by atoms with Crippen LogP contribution in [0.1, 0.15) is 16.7 Å². The summed E-state index contributed by atoms with van der Waals surface area (Å²) in [6.07, 6.45) is 1.40. The Bertz CT molecular complexity index is 745. The van der Waals surface area contributed by atoms with Crippen LogP contribution in [-0.4, -0.2) is 23.8 Å². The molecule has 23 heavy (non-hydrogen) atoms. The molecule has 0 aliphatic carbocycles. The van der Waals surface area contributed by atoms with Gasteiger partial charge in [0.15, 0.2) is 6.61 Å². The number of phenolic OH excluding ortho intramolecular Hbond substituents is 1. The number of ether oxygens (including phenoxy) is 1. The van der Waals surface area contributed by atoms with Gasteiger partial charge in [0.1, 0.15) is 11.5 Å². The van der Waals surface area contributed by atoms with Gasteiger partial charge in [0, 0.05) is 9.13 Å². The molecule has 0 fully saturated rings. The van der Waals surface area contributed by atoms with Crippen molar-refractivity contribution in [3.8, 4) is 11.5 Å². The quantitative estimate of drug-likeness (QED) is 0.440. The predicted molar refractivity (Wildman–Crippen MR) is 98.0 cm³/mol. The van der Waals surface area contributed by atoms with Crippen LogP contribution in [0.25, 0.3) is 0 Å². The van der Waals surface area contributed by atoms with E-state index in [2.05, 4.69) is 33.1 Å². The van der Waals surface area contributed by atoms with Crippen molar-refractivity contribution in [2.24, 2.45) is 5.10 Å². The molecule has 0 radical (unpaired) electrons. The van der Waals surface area contributed by atoms with Crippen molar-refractivity contribution in [1.29, 1.82) is 0 Å². The standard InChI is InChI=1S/C17H17IN2O3/c1-11-3-6-16(12(2)7-11)23-10-17(22)20-19-9-13-8-14(18)4-5-15(13)21/h3-9,21H,10H2,1-2H3,(H,20,22)/b19-9-. The van der Waals surface area contributed by atoms with E-state index in [1.165, 1.54) is 6.21 Å². The van der Waals surface area contributed by atoms with Gasteiger partial charge in [-0.15, -0.1) is 0 Å². The summed E-state index contributed by atoms with van der Waals surface area (Å²) >= 11 is 2.13. The second-order valence-electron chi connectivity index (χ2n) is 5.05. The summed E-state index contributed by atoms with van der Waals surface area (Å²) in [7, 11) is 0. The molecule has 2 aromatic rings. The van der Waals surface area contributed by atoms with Crippen molar-refractivity contribution < 1.29 is 14.6 Å². The average molecular weight is 424 g/mol. The first-order valence-electron chi connectivity index (χ1n) is 6.96. The number of carbonyl (C=O) groups excluding carboxylic acids is 1. The van der Waals surface area contributed by atoms with Gasteiger partial charge in [-0.2, -0.15) is 5.10 Å². The summed E-state index contributed by atoms with van der Waals surface area (Å²) in [6, 6.07) is 10.9. The third-order valence-electron chi connectivity index (χ3n) is 3.07. The first kappa shape index (κ1) is 17.3. The topological polar surface area (TPSA) is 70.9 Å². The smallest absolute Gasteiger partial charge is 0.277 e. The molecule has 0 heterocycles. The Kier molecular flexibility index (Phi) is 5.97. The zero-order chi connectivity index (χ0) is 16.8. The lowest BCUT2D eigenvalue weighted by Crippen LogP contribution is -2.24. The highest BCUT2D eigenvalue weighted by Gasteiger charge is 2.04. The van der Waals surface area contributed by atoms with E-state index >= 15 is 0 Å². The molecule has 6 heteroatoms. The zero-order valence-electron chi connectivity index (χ0n) is 12.8. The zero-order valence-corrected chi connectivity index (χ0v) is 15.0. The van der Waals surface area contributed by atoms with Crippen LogP contribution in [0.3, 0.4) is 0 Å². The highest BCUT2D eigenvalue weighted by Crippen LogP contribution is 2.19. The van der Waals surface area contributed by atoms with E-state index in [9.17, 15) is 9.90 Å². The normalized spacial score (nSPS) is 10.7. The third kappa shape index (κ3) is 5.24. The van der Waals surface area contributed by atoms with Crippen LogP contribution in [-0.2, 0) is 4.79 Å². The highest BCUT2D eigenvalue weighted by molar-refractivity contribution is 14.1. The number of rotatable bonds is 5. The molecule has 5 nitrogen and oxygen atoms in total. The molecule has 2 rings (SSSR count). The maximum atomic E-state index is 11.7. The van der Waals surface area contributed by atoms with Crippen LogP contribution in [0.5, 0.6) is 11.5 Å². The number of hydrogen-bond acceptors (Lipinski definition) is 4. The molecule has 2 aromatic carbocycles. The second-order valence-corrected chi connectivity index (χ2v) is 6.30. The molecule has 0 aromatic heterocycles. The van der Waals surface area contributed by atoms with Crippen molar-refractivity contribution in [2.75, 3.05) is 6.61 Å². The van der Waals surface area contributed by atoms with E-state index in [-0.39, 0.29) is 18.3 Å². The molecule has 120 valence electrons. The van der Waals surface area contributed by atoms with Crippen LogP contribution in [0.15, 0.2) is 41.5 Å². The average Bonchev–Trinajstić information content (AvgIpc) is 2.50. The Morgan fingerprint density at radius 3 is 2.83 bits per heavy atom. The molecule has 0 aliphatic heterocycles. The van der Waals surface area contributed by atoms with E-state index in [0.29, 0.717) is 11.3 Å². The largest absolute Gasteiger partial charge is 0.507 e. The Morgan fingerprint density at radius 1 is 1.30 bits per heavy atom. The lowest BCUT2D eigenvalue weighted by molar-refractivity contribution is -0.123. The van der Waals surface area contributed by atoms with Gasteiger partial charge in [0.2, 0.25) is 0 Å². The molecule has 0 atom stereocenters. The van der Waals surface area contributed by atoms with Gasteiger partial charge in [-0.1, -0.05) is 17.7 Å². The summed E-state index contributed by atoms with van der Waals surface area (Å²) < 4.78 is 6.43. The molecule has 0 spiro atoms. The van der Waals surface area contributed by atoms with Crippen LogP contribution in [0.2, 0.25) is 0 Å². The van der Waals surface area contributed by atoms with Crippen molar-refractivity contribution in [3.05, 3.63) is 56.7 Å². The Hall–Kier alpha value is -2.09. The maximum absolute atomic E-state index is 11.7. The fraction of sp³-hybridized carbons (Fsp3) is 0.176. The monoisotopic (exact) mass is 424 g/mol. The summed E-state index contributed by atoms with van der Waals surface area (Å²) in [4.78, 5) is 11.7. The number of hydrazone groups is 1. The number of aryl methyl sites for hydroxylation is 2. The summed E-state index contributed by atoms with van der Waals surface area (Å²) in [5, 5.41) is 13.5. The number of benzene rings is 2. The van der Waals surface area contributed by atoms with Crippen LogP contribution >= 0.6 is 22.6 Å². The van der Waals surface area contributed by atoms with E-state index in [4.69, 9.17) is 4.74 Å². The van der Waals surface area contributed by atoms with Gasteiger partial charge < -0.3 is 9.84 Å². The Balaban J connectivity index is 1.87. The summed E-state index contributed by atoms with van der Waals surface area (Å²) in [5.41, 5.74) is 5.02. The second kappa shape index (κ2) is 7.96. The van der Waals surface area contributed by atoms with E-state index in [1.807, 2.05) is 32.0 Å². The number of halogens is 1. The maximum Gasteiger partial charge on any atom is 0.277 e. The fourth-order valence-corrected chi connectivity index (χ4v) is 2.45. The van der Waals surface area contributed by atoms with E-state index < -0.39 is 0 Å². The summed E-state index contributed by atoms with van der Waals surface area (Å²) in [5.74, 6) is 0.409. The molecule has 0 saturated heterocycles. The van der Waals surface area contributed by atoms with Crippen molar-refractivity contribution in [2.45, 2.75) is 13.8 Å². The Labute approximate surface area is 148 Å². The molecule has 0 aliphatic rings. The van der Waals surface area contributed by atoms with Gasteiger partial charge in [-0.05, 0) is 66.3 Å². The van der Waals surface area contributed by atoms with Gasteiger partial charge in [0.25, 0.3) is 5.91 Å². The van der Waals surface area contributed by atoms with Crippen LogP contribution in [0.4, 0.5) is 0 Å². The lowest BCUT2D eigenvalue weighted by atomic mass is 10.1. The van der Waals surface area contributed by atoms with Crippen LogP contribution in [0, 0.1) is 17.4 Å². The van der Waals surface area contributed by atoms with E-state index in [1.54, 1.807) is 18.2 Å². The number of phenols is 1. The summed E-state index contributed by atoms with van der Waals surface area (Å²) in [6.45, 7) is 3.80. The van der Waals surface area contributed by atoms with Gasteiger partial charge in [-0.25, -0.2) is 5.43 Å². The molecule has 1 amide bonds.